The van der Waals surface area contributed by atoms with Crippen LogP contribution in [-0.4, -0.2) is 23.2 Å². The molecule has 0 aliphatic rings. The lowest BCUT2D eigenvalue weighted by Crippen LogP contribution is -2.21. The lowest BCUT2D eigenvalue weighted by Gasteiger charge is -2.13. The van der Waals surface area contributed by atoms with E-state index in [1.807, 2.05) is 13.8 Å². The van der Waals surface area contributed by atoms with Crippen LogP contribution >= 0.6 is 11.3 Å². The number of aryl methyl sites for hydroxylation is 2. The Labute approximate surface area is 131 Å². The number of ether oxygens (including phenoxy) is 1. The molecule has 0 aliphatic carbocycles. The molecular weight excluding hydrogens is 310 g/mol. The van der Waals surface area contributed by atoms with Crippen molar-refractivity contribution in [3.05, 3.63) is 45.4 Å². The molecule has 0 saturated carbocycles. The van der Waals surface area contributed by atoms with E-state index < -0.39 is 12.7 Å². The number of hydrogen-bond donors (Lipinski definition) is 2. The highest BCUT2D eigenvalue weighted by Crippen LogP contribution is 2.21. The van der Waals surface area contributed by atoms with Gasteiger partial charge in [-0.3, -0.25) is 0 Å². The Morgan fingerprint density at radius 3 is 2.77 bits per heavy atom. The summed E-state index contributed by atoms with van der Waals surface area (Å²) >= 11 is 1.61. The Bertz CT molecular complexity index is 619. The van der Waals surface area contributed by atoms with Gasteiger partial charge in [-0.1, -0.05) is 12.1 Å². The number of aliphatic hydroxyl groups excluding tert-OH is 1. The van der Waals surface area contributed by atoms with Gasteiger partial charge in [-0.05, 0) is 31.5 Å². The van der Waals surface area contributed by atoms with Gasteiger partial charge in [0.15, 0.2) is 0 Å². The van der Waals surface area contributed by atoms with Gasteiger partial charge in [-0.15, -0.1) is 11.3 Å². The van der Waals surface area contributed by atoms with Crippen LogP contribution in [0.5, 0.6) is 5.75 Å². The van der Waals surface area contributed by atoms with E-state index in [1.54, 1.807) is 23.5 Å². The van der Waals surface area contributed by atoms with E-state index in [1.165, 1.54) is 12.1 Å². The van der Waals surface area contributed by atoms with Gasteiger partial charge in [0, 0.05) is 18.0 Å². The molecule has 120 valence electrons. The molecule has 0 bridgehead atoms. The van der Waals surface area contributed by atoms with E-state index >= 15 is 0 Å². The van der Waals surface area contributed by atoms with Gasteiger partial charge < -0.3 is 15.2 Å². The van der Waals surface area contributed by atoms with Crippen LogP contribution in [0.15, 0.2) is 24.3 Å². The summed E-state index contributed by atoms with van der Waals surface area (Å²) in [5, 5.41) is 14.3. The number of alkyl halides is 2. The molecule has 0 radical (unpaired) electrons. The summed E-state index contributed by atoms with van der Waals surface area (Å²) in [6.07, 6.45) is -0.796. The summed E-state index contributed by atoms with van der Waals surface area (Å²) in [6.45, 7) is 1.95. The average Bonchev–Trinajstić information content (AvgIpc) is 2.76. The predicted octanol–water partition coefficient (Wildman–Crippen LogP) is 3.18. The Morgan fingerprint density at radius 1 is 1.36 bits per heavy atom. The molecule has 0 saturated heterocycles. The van der Waals surface area contributed by atoms with Gasteiger partial charge >= 0.3 is 6.61 Å². The fourth-order valence-corrected chi connectivity index (χ4v) is 2.98. The smallest absolute Gasteiger partial charge is 0.387 e. The van der Waals surface area contributed by atoms with Gasteiger partial charge in [-0.25, -0.2) is 4.98 Å². The Kier molecular flexibility index (Phi) is 5.82. The minimum Gasteiger partial charge on any atom is -0.435 e. The largest absolute Gasteiger partial charge is 0.435 e. The van der Waals surface area contributed by atoms with Gasteiger partial charge in [0.1, 0.15) is 5.75 Å². The SMILES string of the molecule is Cc1nc(C)c(CNCC(O)c2cccc(OC(F)F)c2)s1. The first-order valence-electron chi connectivity index (χ1n) is 6.82. The Balaban J connectivity index is 1.89. The maximum Gasteiger partial charge on any atom is 0.387 e. The van der Waals surface area contributed by atoms with Crippen LogP contribution in [-0.2, 0) is 6.54 Å². The molecule has 0 amide bonds. The summed E-state index contributed by atoms with van der Waals surface area (Å²) in [5.41, 5.74) is 1.51. The fraction of sp³-hybridized carbons (Fsp3) is 0.400. The molecule has 1 unspecified atom stereocenters. The zero-order chi connectivity index (χ0) is 16.1. The van der Waals surface area contributed by atoms with Crippen molar-refractivity contribution in [2.75, 3.05) is 6.54 Å². The standard InChI is InChI=1S/C15H18F2N2O2S/c1-9-14(22-10(2)19-9)8-18-7-13(20)11-4-3-5-12(6-11)21-15(16)17/h3-6,13,15,18,20H,7-8H2,1-2H3. The first kappa shape index (κ1) is 16.8. The number of thiazole rings is 1. The Hall–Kier alpha value is -1.57. The zero-order valence-electron chi connectivity index (χ0n) is 12.3. The summed E-state index contributed by atoms with van der Waals surface area (Å²) in [4.78, 5) is 5.46. The number of benzene rings is 1. The molecule has 1 aromatic heterocycles. The van der Waals surface area contributed by atoms with Crippen LogP contribution in [0.2, 0.25) is 0 Å². The van der Waals surface area contributed by atoms with E-state index in [9.17, 15) is 13.9 Å². The normalized spacial score (nSPS) is 12.6. The fourth-order valence-electron chi connectivity index (χ4n) is 2.08. The summed E-state index contributed by atoms with van der Waals surface area (Å²) in [5.74, 6) is 0.0421. The van der Waals surface area contributed by atoms with Crippen molar-refractivity contribution in [1.82, 2.24) is 10.3 Å². The minimum absolute atomic E-state index is 0.0421. The number of nitrogens with one attached hydrogen (secondary N) is 1. The third kappa shape index (κ3) is 4.72. The number of nitrogens with zero attached hydrogens (tertiary/aromatic N) is 1. The van der Waals surface area contributed by atoms with Crippen LogP contribution in [0, 0.1) is 13.8 Å². The molecule has 1 heterocycles. The second kappa shape index (κ2) is 7.62. The van der Waals surface area contributed by atoms with E-state index in [0.29, 0.717) is 18.7 Å². The van der Waals surface area contributed by atoms with E-state index in [2.05, 4.69) is 15.0 Å². The molecule has 2 N–H and O–H groups in total. The first-order valence-corrected chi connectivity index (χ1v) is 7.64. The van der Waals surface area contributed by atoms with E-state index in [4.69, 9.17) is 0 Å². The highest BCUT2D eigenvalue weighted by molar-refractivity contribution is 7.11. The van der Waals surface area contributed by atoms with Crippen LogP contribution in [0.4, 0.5) is 8.78 Å². The van der Waals surface area contributed by atoms with Crippen molar-refractivity contribution in [2.45, 2.75) is 33.1 Å². The second-order valence-electron chi connectivity index (χ2n) is 4.84. The third-order valence-corrected chi connectivity index (χ3v) is 4.16. The zero-order valence-corrected chi connectivity index (χ0v) is 13.2. The van der Waals surface area contributed by atoms with Crippen LogP contribution in [0.1, 0.15) is 27.2 Å². The molecule has 0 spiro atoms. The quantitative estimate of drug-likeness (QED) is 0.820. The molecular formula is C15H18F2N2O2S. The molecule has 0 fully saturated rings. The summed E-state index contributed by atoms with van der Waals surface area (Å²) < 4.78 is 28.7. The molecule has 1 atom stereocenters. The second-order valence-corrected chi connectivity index (χ2v) is 6.13. The molecule has 4 nitrogen and oxygen atoms in total. The van der Waals surface area contributed by atoms with Crippen molar-refractivity contribution in [3.63, 3.8) is 0 Å². The van der Waals surface area contributed by atoms with Crippen molar-refractivity contribution in [3.8, 4) is 5.75 Å². The van der Waals surface area contributed by atoms with Gasteiger partial charge in [0.2, 0.25) is 0 Å². The minimum atomic E-state index is -2.87. The maximum atomic E-state index is 12.2. The number of hydrogen-bond acceptors (Lipinski definition) is 5. The van der Waals surface area contributed by atoms with Crippen LogP contribution < -0.4 is 10.1 Å². The first-order chi connectivity index (χ1) is 10.5. The van der Waals surface area contributed by atoms with Crippen molar-refractivity contribution >= 4 is 11.3 Å². The number of aromatic nitrogens is 1. The maximum absolute atomic E-state index is 12.2. The molecule has 2 aromatic rings. The van der Waals surface area contributed by atoms with E-state index in [-0.39, 0.29) is 5.75 Å². The summed E-state index contributed by atoms with van der Waals surface area (Å²) in [6, 6.07) is 6.10. The molecule has 1 aromatic carbocycles. The van der Waals surface area contributed by atoms with E-state index in [0.717, 1.165) is 15.6 Å². The highest BCUT2D eigenvalue weighted by atomic mass is 32.1. The van der Waals surface area contributed by atoms with Crippen LogP contribution in [0.3, 0.4) is 0 Å². The Morgan fingerprint density at radius 2 is 2.14 bits per heavy atom. The molecule has 0 aliphatic heterocycles. The topological polar surface area (TPSA) is 54.4 Å². The average molecular weight is 328 g/mol. The molecule has 7 heteroatoms. The predicted molar refractivity (Wildman–Crippen MR) is 81.3 cm³/mol. The number of halogens is 2. The highest BCUT2D eigenvalue weighted by Gasteiger charge is 2.11. The molecule has 2 rings (SSSR count). The summed E-state index contributed by atoms with van der Waals surface area (Å²) in [7, 11) is 0. The van der Waals surface area contributed by atoms with Gasteiger partial charge in [-0.2, -0.15) is 8.78 Å². The lowest BCUT2D eigenvalue weighted by molar-refractivity contribution is -0.0499. The lowest BCUT2D eigenvalue weighted by atomic mass is 10.1. The monoisotopic (exact) mass is 328 g/mol. The van der Waals surface area contributed by atoms with Crippen molar-refractivity contribution in [2.24, 2.45) is 0 Å². The van der Waals surface area contributed by atoms with Crippen molar-refractivity contribution in [1.29, 1.82) is 0 Å². The number of aliphatic hydroxyl groups is 1. The van der Waals surface area contributed by atoms with Gasteiger partial charge in [0.05, 0.1) is 16.8 Å². The molecule has 22 heavy (non-hydrogen) atoms. The third-order valence-electron chi connectivity index (χ3n) is 3.09. The van der Waals surface area contributed by atoms with Crippen molar-refractivity contribution < 1.29 is 18.6 Å². The van der Waals surface area contributed by atoms with Crippen LogP contribution in [0.25, 0.3) is 0 Å². The number of rotatable bonds is 7. The van der Waals surface area contributed by atoms with Gasteiger partial charge in [0.25, 0.3) is 0 Å².